The molecule has 0 radical (unpaired) electrons. The Kier molecular flexibility index (Phi) is 3.81. The Hall–Kier alpha value is -1.62. The van der Waals surface area contributed by atoms with Crippen LogP contribution in [0.3, 0.4) is 0 Å². The molecular formula is C13H15NO3S. The third-order valence-corrected chi connectivity index (χ3v) is 4.26. The average molecular weight is 265 g/mol. The van der Waals surface area contributed by atoms with Crippen LogP contribution < -0.4 is 5.56 Å². The van der Waals surface area contributed by atoms with Gasteiger partial charge >= 0.3 is 0 Å². The van der Waals surface area contributed by atoms with Crippen molar-refractivity contribution in [2.75, 3.05) is 5.75 Å². The zero-order valence-corrected chi connectivity index (χ0v) is 10.9. The lowest BCUT2D eigenvalue weighted by molar-refractivity contribution is 0.465. The summed E-state index contributed by atoms with van der Waals surface area (Å²) in [6.07, 6.45) is 1.66. The van der Waals surface area contributed by atoms with E-state index in [1.54, 1.807) is 24.3 Å². The van der Waals surface area contributed by atoms with E-state index < -0.39 is 16.4 Å². The first-order valence-corrected chi connectivity index (χ1v) is 7.19. The molecular weight excluding hydrogens is 250 g/mol. The van der Waals surface area contributed by atoms with E-state index in [2.05, 4.69) is 4.98 Å². The molecule has 1 heterocycles. The van der Waals surface area contributed by atoms with Gasteiger partial charge in [0.15, 0.2) is 0 Å². The Morgan fingerprint density at radius 3 is 2.78 bits per heavy atom. The summed E-state index contributed by atoms with van der Waals surface area (Å²) < 4.78 is 12.0. The summed E-state index contributed by atoms with van der Waals surface area (Å²) in [5.74, 6) is 0.231. The fourth-order valence-electron chi connectivity index (χ4n) is 1.80. The van der Waals surface area contributed by atoms with Crippen molar-refractivity contribution in [1.29, 1.82) is 0 Å². The van der Waals surface area contributed by atoms with Crippen LogP contribution in [0.1, 0.15) is 19.8 Å². The maximum absolute atomic E-state index is 12.0. The predicted molar refractivity (Wildman–Crippen MR) is 72.4 cm³/mol. The maximum Gasteiger partial charge on any atom is 0.268 e. The minimum absolute atomic E-state index is 0.0119. The number of rotatable bonds is 4. The molecule has 0 fully saturated rings. The lowest BCUT2D eigenvalue weighted by atomic mass is 10.2. The molecule has 96 valence electrons. The first-order chi connectivity index (χ1) is 8.65. The summed E-state index contributed by atoms with van der Waals surface area (Å²) >= 11 is 0. The van der Waals surface area contributed by atoms with E-state index in [0.717, 1.165) is 12.8 Å². The van der Waals surface area contributed by atoms with E-state index in [1.165, 1.54) is 0 Å². The van der Waals surface area contributed by atoms with Gasteiger partial charge in [0.2, 0.25) is 0 Å². The van der Waals surface area contributed by atoms with Crippen molar-refractivity contribution in [3.63, 3.8) is 0 Å². The first kappa shape index (κ1) is 12.8. The SMILES string of the molecule is CCCC[S@](=O)c1c(O)c2ccccc2[nH]c1=O. The second-order valence-corrected chi connectivity index (χ2v) is 5.59. The molecule has 18 heavy (non-hydrogen) atoms. The Bertz CT molecular complexity index is 648. The van der Waals surface area contributed by atoms with Gasteiger partial charge in [-0.05, 0) is 18.6 Å². The Morgan fingerprint density at radius 1 is 1.33 bits per heavy atom. The number of aromatic amines is 1. The molecule has 2 N–H and O–H groups in total. The molecule has 0 saturated carbocycles. The predicted octanol–water partition coefficient (Wildman–Crippen LogP) is 2.14. The quantitative estimate of drug-likeness (QED) is 0.889. The first-order valence-electron chi connectivity index (χ1n) is 5.87. The topological polar surface area (TPSA) is 70.2 Å². The molecule has 1 aromatic carbocycles. The van der Waals surface area contributed by atoms with Crippen LogP contribution in [0.25, 0.3) is 10.9 Å². The van der Waals surface area contributed by atoms with Crippen molar-refractivity contribution in [3.05, 3.63) is 34.6 Å². The van der Waals surface area contributed by atoms with E-state index in [9.17, 15) is 14.1 Å². The van der Waals surface area contributed by atoms with Crippen LogP contribution in [0.15, 0.2) is 34.0 Å². The smallest absolute Gasteiger partial charge is 0.268 e. The Morgan fingerprint density at radius 2 is 2.06 bits per heavy atom. The maximum atomic E-state index is 12.0. The van der Waals surface area contributed by atoms with Crippen LogP contribution in [0.2, 0.25) is 0 Å². The van der Waals surface area contributed by atoms with Crippen molar-refractivity contribution in [3.8, 4) is 5.75 Å². The molecule has 1 aromatic heterocycles. The van der Waals surface area contributed by atoms with Gasteiger partial charge in [-0.15, -0.1) is 0 Å². The van der Waals surface area contributed by atoms with Gasteiger partial charge in [-0.3, -0.25) is 9.00 Å². The van der Waals surface area contributed by atoms with E-state index in [0.29, 0.717) is 16.7 Å². The zero-order chi connectivity index (χ0) is 13.1. The van der Waals surface area contributed by atoms with Crippen molar-refractivity contribution < 1.29 is 9.32 Å². The molecule has 2 rings (SSSR count). The second kappa shape index (κ2) is 5.35. The van der Waals surface area contributed by atoms with Crippen LogP contribution in [-0.2, 0) is 10.8 Å². The highest BCUT2D eigenvalue weighted by Crippen LogP contribution is 2.26. The van der Waals surface area contributed by atoms with Gasteiger partial charge in [-0.1, -0.05) is 25.5 Å². The largest absolute Gasteiger partial charge is 0.506 e. The summed E-state index contributed by atoms with van der Waals surface area (Å²) in [4.78, 5) is 14.5. The number of aromatic nitrogens is 1. The van der Waals surface area contributed by atoms with E-state index in [1.807, 2.05) is 6.92 Å². The Balaban J connectivity index is 2.57. The lowest BCUT2D eigenvalue weighted by Gasteiger charge is -2.06. The molecule has 0 bridgehead atoms. The van der Waals surface area contributed by atoms with E-state index in [-0.39, 0.29) is 10.6 Å². The van der Waals surface area contributed by atoms with Crippen molar-refractivity contribution >= 4 is 21.7 Å². The number of hydrogen-bond acceptors (Lipinski definition) is 3. The highest BCUT2D eigenvalue weighted by Gasteiger charge is 2.17. The molecule has 0 spiro atoms. The van der Waals surface area contributed by atoms with Crippen LogP contribution in [0.4, 0.5) is 0 Å². The van der Waals surface area contributed by atoms with Gasteiger partial charge in [-0.25, -0.2) is 0 Å². The zero-order valence-electron chi connectivity index (χ0n) is 10.1. The number of unbranched alkanes of at least 4 members (excludes halogenated alkanes) is 1. The summed E-state index contributed by atoms with van der Waals surface area (Å²) in [6.45, 7) is 1.99. The monoisotopic (exact) mass is 265 g/mol. The van der Waals surface area contributed by atoms with Gasteiger partial charge in [0.25, 0.3) is 5.56 Å². The summed E-state index contributed by atoms with van der Waals surface area (Å²) in [5.41, 5.74) is 0.0804. The number of nitrogens with one attached hydrogen (secondary N) is 1. The number of benzene rings is 1. The fraction of sp³-hybridized carbons (Fsp3) is 0.308. The molecule has 2 aromatic rings. The number of fused-ring (bicyclic) bond motifs is 1. The number of hydrogen-bond donors (Lipinski definition) is 2. The minimum Gasteiger partial charge on any atom is -0.506 e. The van der Waals surface area contributed by atoms with Crippen LogP contribution in [0.5, 0.6) is 5.75 Å². The third-order valence-electron chi connectivity index (χ3n) is 2.76. The molecule has 0 unspecified atom stereocenters. The molecule has 0 saturated heterocycles. The molecule has 0 amide bonds. The lowest BCUT2D eigenvalue weighted by Crippen LogP contribution is -2.15. The fourth-order valence-corrected chi connectivity index (χ4v) is 3.13. The van der Waals surface area contributed by atoms with Crippen molar-refractivity contribution in [2.45, 2.75) is 24.7 Å². The van der Waals surface area contributed by atoms with Gasteiger partial charge in [0, 0.05) is 11.1 Å². The molecule has 0 aliphatic carbocycles. The normalized spacial score (nSPS) is 12.7. The molecule has 5 heteroatoms. The number of H-pyrrole nitrogens is 1. The highest BCUT2D eigenvalue weighted by molar-refractivity contribution is 7.85. The number of para-hydroxylation sites is 1. The van der Waals surface area contributed by atoms with E-state index >= 15 is 0 Å². The van der Waals surface area contributed by atoms with E-state index in [4.69, 9.17) is 0 Å². The average Bonchev–Trinajstić information content (AvgIpc) is 2.36. The van der Waals surface area contributed by atoms with Crippen molar-refractivity contribution in [2.24, 2.45) is 0 Å². The van der Waals surface area contributed by atoms with Gasteiger partial charge in [0.1, 0.15) is 10.6 Å². The third kappa shape index (κ3) is 2.31. The Labute approximate surface area is 107 Å². The summed E-state index contributed by atoms with van der Waals surface area (Å²) in [7, 11) is -1.46. The summed E-state index contributed by atoms with van der Waals surface area (Å²) in [5, 5.41) is 10.6. The van der Waals surface area contributed by atoms with Gasteiger partial charge in [0.05, 0.1) is 16.3 Å². The number of aromatic hydroxyl groups is 1. The molecule has 0 aliphatic heterocycles. The molecule has 0 aliphatic rings. The minimum atomic E-state index is -1.46. The summed E-state index contributed by atoms with van der Waals surface area (Å²) in [6, 6.07) is 6.93. The standard InChI is InChI=1S/C13H15NO3S/c1-2-3-8-18(17)12-11(15)9-6-4-5-7-10(9)14-13(12)16/h4-7H,2-3,8H2,1H3,(H2,14,15,16)/t18-/m0/s1. The van der Waals surface area contributed by atoms with Crippen LogP contribution in [-0.4, -0.2) is 20.1 Å². The van der Waals surface area contributed by atoms with Crippen molar-refractivity contribution in [1.82, 2.24) is 4.98 Å². The number of pyridine rings is 1. The van der Waals surface area contributed by atoms with Gasteiger partial charge < -0.3 is 10.1 Å². The molecule has 4 nitrogen and oxygen atoms in total. The van der Waals surface area contributed by atoms with Crippen LogP contribution >= 0.6 is 0 Å². The highest BCUT2D eigenvalue weighted by atomic mass is 32.2. The second-order valence-electron chi connectivity index (χ2n) is 4.08. The van der Waals surface area contributed by atoms with Gasteiger partial charge in [-0.2, -0.15) is 0 Å². The molecule has 1 atom stereocenters. The van der Waals surface area contributed by atoms with Crippen LogP contribution in [0, 0.1) is 0 Å².